The van der Waals surface area contributed by atoms with E-state index < -0.39 is 0 Å². The van der Waals surface area contributed by atoms with E-state index in [-0.39, 0.29) is 0 Å². The van der Waals surface area contributed by atoms with Crippen LogP contribution in [-0.4, -0.2) is 10.3 Å². The minimum absolute atomic E-state index is 0.630. The fourth-order valence-electron chi connectivity index (χ4n) is 3.38. The standard InChI is InChI=1S/C25H21ClN6S2/c1-15(17-11-12-23-21(13-17)27-20-9-4-5-10-22(20)33-23)28-31-25-32(3)16(2)24(34-25)30-29-19-8-6-7-18(26)14-19/h4-14,27H,1-3H3. The Hall–Kier alpha value is -3.20. The summed E-state index contributed by atoms with van der Waals surface area (Å²) >= 11 is 9.24. The molecule has 9 heteroatoms. The number of hydrogen-bond donors (Lipinski definition) is 1. The van der Waals surface area contributed by atoms with Crippen LogP contribution in [0.5, 0.6) is 0 Å². The van der Waals surface area contributed by atoms with Crippen LogP contribution in [0.3, 0.4) is 0 Å². The monoisotopic (exact) mass is 504 g/mol. The second kappa shape index (κ2) is 9.58. The first-order chi connectivity index (χ1) is 16.5. The molecular weight excluding hydrogens is 484 g/mol. The molecule has 2 heterocycles. The van der Waals surface area contributed by atoms with Gasteiger partial charge in [0, 0.05) is 21.9 Å². The van der Waals surface area contributed by atoms with Gasteiger partial charge in [0.25, 0.3) is 0 Å². The largest absolute Gasteiger partial charge is 0.354 e. The second-order valence-electron chi connectivity index (χ2n) is 7.73. The highest BCUT2D eigenvalue weighted by atomic mass is 35.5. The topological polar surface area (TPSA) is 66.4 Å². The van der Waals surface area contributed by atoms with Gasteiger partial charge in [-0.2, -0.15) is 5.10 Å². The Bertz CT molecular complexity index is 1520. The zero-order valence-corrected chi connectivity index (χ0v) is 21.2. The highest BCUT2D eigenvalue weighted by Gasteiger charge is 2.16. The van der Waals surface area contributed by atoms with Gasteiger partial charge < -0.3 is 9.88 Å². The van der Waals surface area contributed by atoms with E-state index in [1.807, 2.05) is 49.7 Å². The number of nitrogens with zero attached hydrogens (tertiary/aromatic N) is 5. The van der Waals surface area contributed by atoms with E-state index in [0.29, 0.717) is 10.7 Å². The van der Waals surface area contributed by atoms with Crippen molar-refractivity contribution >= 4 is 62.5 Å². The van der Waals surface area contributed by atoms with Crippen LogP contribution in [0.1, 0.15) is 18.2 Å². The third-order valence-corrected chi connectivity index (χ3v) is 7.91. The van der Waals surface area contributed by atoms with Crippen molar-refractivity contribution < 1.29 is 0 Å². The minimum Gasteiger partial charge on any atom is -0.354 e. The fourth-order valence-corrected chi connectivity index (χ4v) is 5.42. The average molecular weight is 505 g/mol. The molecule has 0 atom stereocenters. The fraction of sp³-hybridized carbons (Fsp3) is 0.120. The maximum Gasteiger partial charge on any atom is 0.212 e. The third kappa shape index (κ3) is 4.70. The van der Waals surface area contributed by atoms with E-state index in [4.69, 9.17) is 11.6 Å². The predicted octanol–water partition coefficient (Wildman–Crippen LogP) is 8.00. The molecule has 1 N–H and O–H groups in total. The van der Waals surface area contributed by atoms with Crippen molar-refractivity contribution in [1.29, 1.82) is 0 Å². The number of para-hydroxylation sites is 1. The van der Waals surface area contributed by atoms with Gasteiger partial charge in [0.1, 0.15) is 0 Å². The molecule has 0 bridgehead atoms. The van der Waals surface area contributed by atoms with Crippen LogP contribution in [0.2, 0.25) is 5.02 Å². The summed E-state index contributed by atoms with van der Waals surface area (Å²) in [5.74, 6) is 0. The normalized spacial score (nSPS) is 13.6. The lowest BCUT2D eigenvalue weighted by molar-refractivity contribution is 0.819. The van der Waals surface area contributed by atoms with Crippen molar-refractivity contribution in [1.82, 2.24) is 4.57 Å². The zero-order valence-electron chi connectivity index (χ0n) is 18.8. The lowest BCUT2D eigenvalue weighted by Crippen LogP contribution is -2.11. The van der Waals surface area contributed by atoms with Gasteiger partial charge in [-0.25, -0.2) is 0 Å². The number of hydrogen-bond acceptors (Lipinski definition) is 7. The number of azo groups is 1. The molecule has 4 aromatic rings. The first-order valence-corrected chi connectivity index (χ1v) is 12.6. The van der Waals surface area contributed by atoms with Crippen LogP contribution >= 0.6 is 34.7 Å². The molecule has 0 aliphatic carbocycles. The molecule has 0 spiro atoms. The lowest BCUT2D eigenvalue weighted by atomic mass is 10.1. The van der Waals surface area contributed by atoms with Gasteiger partial charge in [0.15, 0.2) is 5.00 Å². The number of thiazole rings is 1. The highest BCUT2D eigenvalue weighted by Crippen LogP contribution is 2.44. The quantitative estimate of drug-likeness (QED) is 0.153. The van der Waals surface area contributed by atoms with Gasteiger partial charge in [-0.15, -0.1) is 15.3 Å². The Morgan fingerprint density at radius 1 is 0.941 bits per heavy atom. The number of anilines is 2. The van der Waals surface area contributed by atoms with E-state index in [1.165, 1.54) is 21.1 Å². The van der Waals surface area contributed by atoms with Crippen molar-refractivity contribution in [2.75, 3.05) is 5.32 Å². The van der Waals surface area contributed by atoms with E-state index in [2.05, 4.69) is 62.1 Å². The van der Waals surface area contributed by atoms with Gasteiger partial charge in [0.2, 0.25) is 4.80 Å². The van der Waals surface area contributed by atoms with Crippen LogP contribution in [0.4, 0.5) is 22.1 Å². The van der Waals surface area contributed by atoms with E-state index in [9.17, 15) is 0 Å². The van der Waals surface area contributed by atoms with E-state index in [0.717, 1.165) is 38.1 Å². The number of fused-ring (bicyclic) bond motifs is 2. The molecular formula is C25H21ClN6S2. The minimum atomic E-state index is 0.630. The summed E-state index contributed by atoms with van der Waals surface area (Å²) in [5.41, 5.74) is 5.73. The third-order valence-electron chi connectivity index (χ3n) is 5.41. The summed E-state index contributed by atoms with van der Waals surface area (Å²) < 4.78 is 1.97. The van der Waals surface area contributed by atoms with Crippen molar-refractivity contribution in [3.05, 3.63) is 87.8 Å². The number of aromatic nitrogens is 1. The Morgan fingerprint density at radius 2 is 1.76 bits per heavy atom. The van der Waals surface area contributed by atoms with Crippen LogP contribution in [0.25, 0.3) is 0 Å². The molecule has 0 saturated carbocycles. The Morgan fingerprint density at radius 3 is 2.62 bits per heavy atom. The summed E-state index contributed by atoms with van der Waals surface area (Å²) in [7, 11) is 1.95. The molecule has 3 aromatic carbocycles. The molecule has 5 rings (SSSR count). The highest BCUT2D eigenvalue weighted by molar-refractivity contribution is 7.99. The lowest BCUT2D eigenvalue weighted by Gasteiger charge is -2.21. The average Bonchev–Trinajstić information content (AvgIpc) is 3.12. The molecule has 6 nitrogen and oxygen atoms in total. The predicted molar refractivity (Wildman–Crippen MR) is 142 cm³/mol. The van der Waals surface area contributed by atoms with Gasteiger partial charge in [-0.1, -0.05) is 59.0 Å². The summed E-state index contributed by atoms with van der Waals surface area (Å²) in [6.45, 7) is 3.96. The number of benzene rings is 3. The van der Waals surface area contributed by atoms with E-state index >= 15 is 0 Å². The molecule has 1 aromatic heterocycles. The van der Waals surface area contributed by atoms with Gasteiger partial charge in [-0.3, -0.25) is 0 Å². The van der Waals surface area contributed by atoms with Crippen molar-refractivity contribution in [3.8, 4) is 0 Å². The SMILES string of the molecule is CC(=NN=c1sc(N=Nc2cccc(Cl)c2)c(C)n1C)c1ccc2c(c1)Nc1ccccc1S2. The molecule has 1 aliphatic rings. The molecule has 34 heavy (non-hydrogen) atoms. The van der Waals surface area contributed by atoms with Crippen LogP contribution in [-0.2, 0) is 7.05 Å². The first kappa shape index (κ1) is 22.6. The molecule has 0 amide bonds. The second-order valence-corrected chi connectivity index (χ2v) is 10.2. The van der Waals surface area contributed by atoms with Gasteiger partial charge in [-0.05, 0) is 61.9 Å². The summed E-state index contributed by atoms with van der Waals surface area (Å²) in [5, 5.41) is 22.6. The maximum absolute atomic E-state index is 6.03. The molecule has 0 fully saturated rings. The first-order valence-electron chi connectivity index (χ1n) is 10.6. The van der Waals surface area contributed by atoms with E-state index in [1.54, 1.807) is 17.8 Å². The molecule has 0 radical (unpaired) electrons. The summed E-state index contributed by atoms with van der Waals surface area (Å²) in [6, 6.07) is 21.9. The smallest absolute Gasteiger partial charge is 0.212 e. The molecule has 170 valence electrons. The number of nitrogens with one attached hydrogen (secondary N) is 1. The zero-order chi connectivity index (χ0) is 23.7. The van der Waals surface area contributed by atoms with Crippen molar-refractivity contribution in [2.24, 2.45) is 27.5 Å². The molecule has 1 aliphatic heterocycles. The Balaban J connectivity index is 1.40. The molecule has 0 unspecified atom stereocenters. The van der Waals surface area contributed by atoms with Gasteiger partial charge in [0.05, 0.1) is 28.5 Å². The Labute approximate surface area is 210 Å². The number of rotatable bonds is 4. The summed E-state index contributed by atoms with van der Waals surface area (Å²) in [4.78, 5) is 3.17. The van der Waals surface area contributed by atoms with Crippen LogP contribution in [0, 0.1) is 6.92 Å². The molecule has 0 saturated heterocycles. The maximum atomic E-state index is 6.03. The number of halogens is 1. The van der Waals surface area contributed by atoms with Crippen LogP contribution in [0.15, 0.2) is 97.0 Å². The van der Waals surface area contributed by atoms with Gasteiger partial charge >= 0.3 is 0 Å². The van der Waals surface area contributed by atoms with Crippen molar-refractivity contribution in [2.45, 2.75) is 23.6 Å². The van der Waals surface area contributed by atoms with Crippen molar-refractivity contribution in [3.63, 3.8) is 0 Å². The van der Waals surface area contributed by atoms with Crippen LogP contribution < -0.4 is 10.1 Å². The summed E-state index contributed by atoms with van der Waals surface area (Å²) in [6.07, 6.45) is 0. The Kier molecular flexibility index (Phi) is 6.36.